The quantitative estimate of drug-likeness (QED) is 0.874. The molecule has 104 valence electrons. The Kier molecular flexibility index (Phi) is 3.10. The molecule has 2 aromatic carbocycles. The van der Waals surface area contributed by atoms with Gasteiger partial charge in [-0.05, 0) is 42.8 Å². The Bertz CT molecular complexity index is 621. The molecule has 0 radical (unpaired) electrons. The van der Waals surface area contributed by atoms with Gasteiger partial charge in [0.2, 0.25) is 0 Å². The van der Waals surface area contributed by atoms with E-state index in [0.29, 0.717) is 30.2 Å². The van der Waals surface area contributed by atoms with Crippen LogP contribution in [0.25, 0.3) is 0 Å². The van der Waals surface area contributed by atoms with Crippen LogP contribution >= 0.6 is 0 Å². The average molecular weight is 273 g/mol. The Balaban J connectivity index is 1.90. The Morgan fingerprint density at radius 1 is 1.15 bits per heavy atom. The first kappa shape index (κ1) is 12.9. The fraction of sp³-hybridized carbons (Fsp3) is 0.250. The molecular formula is C16H16FNO2. The van der Waals surface area contributed by atoms with E-state index < -0.39 is 5.60 Å². The molecular weight excluding hydrogens is 257 g/mol. The van der Waals surface area contributed by atoms with Crippen LogP contribution in [0.2, 0.25) is 0 Å². The molecule has 1 aliphatic rings. The van der Waals surface area contributed by atoms with E-state index in [9.17, 15) is 4.39 Å². The van der Waals surface area contributed by atoms with Crippen molar-refractivity contribution in [2.75, 3.05) is 18.9 Å². The van der Waals surface area contributed by atoms with E-state index in [-0.39, 0.29) is 5.82 Å². The van der Waals surface area contributed by atoms with Gasteiger partial charge in [-0.3, -0.25) is 0 Å². The van der Waals surface area contributed by atoms with Crippen molar-refractivity contribution < 1.29 is 13.9 Å². The Morgan fingerprint density at radius 3 is 2.40 bits per heavy atom. The summed E-state index contributed by atoms with van der Waals surface area (Å²) in [7, 11) is 0. The van der Waals surface area contributed by atoms with Crippen LogP contribution in [0.4, 0.5) is 10.1 Å². The lowest BCUT2D eigenvalue weighted by atomic mass is 9.90. The van der Waals surface area contributed by atoms with Gasteiger partial charge in [-0.1, -0.05) is 12.1 Å². The van der Waals surface area contributed by atoms with Crippen molar-refractivity contribution in [3.63, 3.8) is 0 Å². The summed E-state index contributed by atoms with van der Waals surface area (Å²) in [6.45, 7) is 2.57. The highest BCUT2D eigenvalue weighted by Crippen LogP contribution is 2.36. The lowest BCUT2D eigenvalue weighted by molar-refractivity contribution is -0.168. The van der Waals surface area contributed by atoms with Gasteiger partial charge in [0.25, 0.3) is 0 Å². The van der Waals surface area contributed by atoms with E-state index in [1.807, 2.05) is 6.07 Å². The largest absolute Gasteiger partial charge is 0.478 e. The smallest absolute Gasteiger partial charge is 0.180 e. The maximum Gasteiger partial charge on any atom is 0.180 e. The Labute approximate surface area is 117 Å². The fourth-order valence-corrected chi connectivity index (χ4v) is 2.21. The zero-order chi connectivity index (χ0) is 14.2. The lowest BCUT2D eigenvalue weighted by Crippen LogP contribution is -2.51. The predicted molar refractivity (Wildman–Crippen MR) is 75.1 cm³/mol. The second-order valence-electron chi connectivity index (χ2n) is 5.12. The van der Waals surface area contributed by atoms with Crippen LogP contribution in [0.15, 0.2) is 42.5 Å². The van der Waals surface area contributed by atoms with Gasteiger partial charge in [0.1, 0.15) is 11.6 Å². The van der Waals surface area contributed by atoms with E-state index in [0.717, 1.165) is 5.56 Å². The molecule has 20 heavy (non-hydrogen) atoms. The van der Waals surface area contributed by atoms with Crippen LogP contribution in [0.5, 0.6) is 5.75 Å². The van der Waals surface area contributed by atoms with E-state index in [1.54, 1.807) is 37.3 Å². The van der Waals surface area contributed by atoms with E-state index >= 15 is 0 Å². The minimum absolute atomic E-state index is 0.227. The molecule has 0 aromatic heterocycles. The monoisotopic (exact) mass is 273 g/mol. The van der Waals surface area contributed by atoms with Crippen molar-refractivity contribution in [3.05, 3.63) is 59.4 Å². The Morgan fingerprint density at radius 2 is 1.85 bits per heavy atom. The lowest BCUT2D eigenvalue weighted by Gasteiger charge is -2.41. The van der Waals surface area contributed by atoms with Gasteiger partial charge in [0.15, 0.2) is 5.60 Å². The summed E-state index contributed by atoms with van der Waals surface area (Å²) in [6.07, 6.45) is 0. The van der Waals surface area contributed by atoms with Gasteiger partial charge in [0.05, 0.1) is 13.2 Å². The maximum atomic E-state index is 13.7. The number of nitrogens with two attached hydrogens (primary N) is 1. The highest BCUT2D eigenvalue weighted by Gasteiger charge is 2.43. The summed E-state index contributed by atoms with van der Waals surface area (Å²) >= 11 is 0. The molecule has 0 aliphatic carbocycles. The summed E-state index contributed by atoms with van der Waals surface area (Å²) in [6, 6.07) is 12.3. The van der Waals surface area contributed by atoms with Gasteiger partial charge in [-0.25, -0.2) is 4.39 Å². The number of nitrogen functional groups attached to an aromatic ring is 1. The average Bonchev–Trinajstić information content (AvgIpc) is 2.39. The molecule has 2 N–H and O–H groups in total. The van der Waals surface area contributed by atoms with Gasteiger partial charge in [-0.15, -0.1) is 0 Å². The third-order valence-electron chi connectivity index (χ3n) is 3.56. The van der Waals surface area contributed by atoms with Gasteiger partial charge in [-0.2, -0.15) is 0 Å². The second-order valence-corrected chi connectivity index (χ2v) is 5.12. The number of halogens is 1. The number of aryl methyl sites for hydroxylation is 1. The molecule has 0 saturated carbocycles. The second kappa shape index (κ2) is 4.80. The molecule has 3 rings (SSSR count). The van der Waals surface area contributed by atoms with Crippen molar-refractivity contribution in [1.82, 2.24) is 0 Å². The van der Waals surface area contributed by atoms with Crippen LogP contribution in [0.1, 0.15) is 11.1 Å². The fourth-order valence-electron chi connectivity index (χ4n) is 2.21. The number of benzene rings is 2. The summed E-state index contributed by atoms with van der Waals surface area (Å²) in [5, 5.41) is 0. The van der Waals surface area contributed by atoms with E-state index in [1.165, 1.54) is 6.07 Å². The topological polar surface area (TPSA) is 44.5 Å². The molecule has 2 aromatic rings. The molecule has 0 spiro atoms. The van der Waals surface area contributed by atoms with Crippen molar-refractivity contribution >= 4 is 5.69 Å². The number of hydrogen-bond donors (Lipinski definition) is 1. The predicted octanol–water partition coefficient (Wildman–Crippen LogP) is 3.02. The van der Waals surface area contributed by atoms with Crippen LogP contribution < -0.4 is 10.5 Å². The Hall–Kier alpha value is -2.07. The number of anilines is 1. The molecule has 1 saturated heterocycles. The molecule has 0 bridgehead atoms. The number of ether oxygens (including phenoxy) is 2. The van der Waals surface area contributed by atoms with Crippen molar-refractivity contribution in [1.29, 1.82) is 0 Å². The van der Waals surface area contributed by atoms with Crippen molar-refractivity contribution in [3.8, 4) is 5.75 Å². The highest BCUT2D eigenvalue weighted by molar-refractivity contribution is 5.42. The first-order chi connectivity index (χ1) is 9.59. The number of rotatable bonds is 3. The maximum absolute atomic E-state index is 13.7. The van der Waals surface area contributed by atoms with Gasteiger partial charge >= 0.3 is 0 Å². The van der Waals surface area contributed by atoms with Crippen molar-refractivity contribution in [2.24, 2.45) is 0 Å². The molecule has 1 aliphatic heterocycles. The third-order valence-corrected chi connectivity index (χ3v) is 3.56. The molecule has 1 heterocycles. The zero-order valence-electron chi connectivity index (χ0n) is 11.2. The van der Waals surface area contributed by atoms with Gasteiger partial charge < -0.3 is 15.2 Å². The normalized spacial score (nSPS) is 16.5. The van der Waals surface area contributed by atoms with E-state index in [4.69, 9.17) is 15.2 Å². The first-order valence-electron chi connectivity index (χ1n) is 6.48. The molecule has 4 heteroatoms. The summed E-state index contributed by atoms with van der Waals surface area (Å²) in [5.41, 5.74) is 7.14. The SMILES string of the molecule is Cc1ccc(C2(Oc3ccc(N)cc3)COC2)cc1F. The minimum Gasteiger partial charge on any atom is -0.478 e. The summed E-state index contributed by atoms with van der Waals surface area (Å²) < 4.78 is 25.1. The molecule has 0 unspecified atom stereocenters. The summed E-state index contributed by atoms with van der Waals surface area (Å²) in [5.74, 6) is 0.471. The van der Waals surface area contributed by atoms with Crippen LogP contribution in [-0.4, -0.2) is 13.2 Å². The van der Waals surface area contributed by atoms with Crippen molar-refractivity contribution in [2.45, 2.75) is 12.5 Å². The minimum atomic E-state index is -0.606. The molecule has 1 fully saturated rings. The van der Waals surface area contributed by atoms with E-state index in [2.05, 4.69) is 0 Å². The highest BCUT2D eigenvalue weighted by atomic mass is 19.1. The molecule has 0 atom stereocenters. The van der Waals surface area contributed by atoms with Crippen LogP contribution in [-0.2, 0) is 10.3 Å². The standard InChI is InChI=1S/C16H16FNO2/c1-11-2-3-12(8-15(11)17)16(9-19-10-16)20-14-6-4-13(18)5-7-14/h2-8H,9-10,18H2,1H3. The first-order valence-corrected chi connectivity index (χ1v) is 6.48. The number of hydrogen-bond acceptors (Lipinski definition) is 3. The summed E-state index contributed by atoms with van der Waals surface area (Å²) in [4.78, 5) is 0. The third kappa shape index (κ3) is 2.23. The molecule has 3 nitrogen and oxygen atoms in total. The van der Waals surface area contributed by atoms with Crippen LogP contribution in [0, 0.1) is 12.7 Å². The molecule has 0 amide bonds. The van der Waals surface area contributed by atoms with Gasteiger partial charge in [0, 0.05) is 11.3 Å². The zero-order valence-corrected chi connectivity index (χ0v) is 11.2. The van der Waals surface area contributed by atoms with Crippen LogP contribution in [0.3, 0.4) is 0 Å².